The van der Waals surface area contributed by atoms with E-state index in [0.29, 0.717) is 6.54 Å². The molecule has 2 aromatic heterocycles. The highest BCUT2D eigenvalue weighted by Crippen LogP contribution is 2.32. The van der Waals surface area contributed by atoms with Crippen LogP contribution >= 0.6 is 0 Å². The number of nitrogens with one attached hydrogen (secondary N) is 1. The number of carbonyl (C=O) groups is 1. The first-order valence-corrected chi connectivity index (χ1v) is 6.83. The second-order valence-corrected chi connectivity index (χ2v) is 4.92. The fourth-order valence-corrected chi connectivity index (χ4v) is 2.61. The molecule has 0 unspecified atom stereocenters. The number of urea groups is 1. The van der Waals surface area contributed by atoms with E-state index >= 15 is 0 Å². The molecule has 0 radical (unpaired) electrons. The summed E-state index contributed by atoms with van der Waals surface area (Å²) in [5, 5.41) is 2.61. The molecule has 0 spiro atoms. The van der Waals surface area contributed by atoms with E-state index in [1.54, 1.807) is 17.3 Å². The summed E-state index contributed by atoms with van der Waals surface area (Å²) in [4.78, 5) is 21.7. The number of amides is 2. The zero-order chi connectivity index (χ0) is 14.7. The minimum absolute atomic E-state index is 0.0119. The van der Waals surface area contributed by atoms with Gasteiger partial charge in [-0.25, -0.2) is 9.18 Å². The molecule has 1 aliphatic heterocycles. The summed E-state index contributed by atoms with van der Waals surface area (Å²) < 4.78 is 13.6. The van der Waals surface area contributed by atoms with Crippen LogP contribution in [0.1, 0.15) is 24.4 Å². The lowest BCUT2D eigenvalue weighted by Gasteiger charge is -2.25. The number of carbonyl (C=O) groups excluding carboxylic acids is 1. The third-order valence-corrected chi connectivity index (χ3v) is 3.62. The van der Waals surface area contributed by atoms with Gasteiger partial charge in [0.15, 0.2) is 5.82 Å². The fourth-order valence-electron chi connectivity index (χ4n) is 2.61. The monoisotopic (exact) mass is 286 g/mol. The van der Waals surface area contributed by atoms with E-state index < -0.39 is 5.82 Å². The molecule has 0 bridgehead atoms. The van der Waals surface area contributed by atoms with E-state index in [-0.39, 0.29) is 17.8 Å². The minimum atomic E-state index is -0.537. The molecule has 0 aromatic carbocycles. The number of likely N-dealkylation sites (tertiary alicyclic amines) is 1. The SMILES string of the molecule is O=C(Nc1ccncc1F)N1CCC[C@@H]1c1ccncc1. The van der Waals surface area contributed by atoms with Crippen LogP contribution in [0.3, 0.4) is 0 Å². The Bertz CT molecular complexity index is 635. The van der Waals surface area contributed by atoms with E-state index in [2.05, 4.69) is 15.3 Å². The number of hydrogen-bond acceptors (Lipinski definition) is 3. The number of hydrogen-bond donors (Lipinski definition) is 1. The van der Waals surface area contributed by atoms with Crippen LogP contribution in [0.4, 0.5) is 14.9 Å². The van der Waals surface area contributed by atoms with Crippen LogP contribution in [0, 0.1) is 5.82 Å². The normalized spacial score (nSPS) is 17.8. The van der Waals surface area contributed by atoms with Crippen LogP contribution in [0.15, 0.2) is 43.0 Å². The predicted octanol–water partition coefficient (Wildman–Crippen LogP) is 2.98. The second-order valence-electron chi connectivity index (χ2n) is 4.92. The van der Waals surface area contributed by atoms with Crippen molar-refractivity contribution in [3.63, 3.8) is 0 Å². The van der Waals surface area contributed by atoms with Crippen molar-refractivity contribution in [1.29, 1.82) is 0 Å². The molecule has 1 aliphatic rings. The number of pyridine rings is 2. The topological polar surface area (TPSA) is 58.1 Å². The van der Waals surface area contributed by atoms with Crippen LogP contribution in [0.2, 0.25) is 0 Å². The van der Waals surface area contributed by atoms with Crippen LogP contribution < -0.4 is 5.32 Å². The predicted molar refractivity (Wildman–Crippen MR) is 76.1 cm³/mol. The van der Waals surface area contributed by atoms with E-state index in [1.807, 2.05) is 12.1 Å². The summed E-state index contributed by atoms with van der Waals surface area (Å²) >= 11 is 0. The first-order chi connectivity index (χ1) is 10.3. The Morgan fingerprint density at radius 3 is 2.76 bits per heavy atom. The van der Waals surface area contributed by atoms with Crippen molar-refractivity contribution < 1.29 is 9.18 Å². The highest BCUT2D eigenvalue weighted by atomic mass is 19.1. The Kier molecular flexibility index (Phi) is 3.77. The van der Waals surface area contributed by atoms with Crippen LogP contribution in [-0.4, -0.2) is 27.4 Å². The van der Waals surface area contributed by atoms with Gasteiger partial charge in [-0.3, -0.25) is 9.97 Å². The van der Waals surface area contributed by atoms with E-state index in [1.165, 1.54) is 12.3 Å². The Labute approximate surface area is 121 Å². The van der Waals surface area contributed by atoms with Crippen molar-refractivity contribution in [2.24, 2.45) is 0 Å². The lowest BCUT2D eigenvalue weighted by atomic mass is 10.1. The summed E-state index contributed by atoms with van der Waals surface area (Å²) in [6.45, 7) is 0.658. The molecule has 2 aromatic rings. The Balaban J connectivity index is 1.76. The second kappa shape index (κ2) is 5.87. The molecular formula is C15H15FN4O. The molecular weight excluding hydrogens is 271 g/mol. The highest BCUT2D eigenvalue weighted by molar-refractivity contribution is 5.89. The molecule has 21 heavy (non-hydrogen) atoms. The molecule has 0 saturated carbocycles. The number of anilines is 1. The first-order valence-electron chi connectivity index (χ1n) is 6.83. The third kappa shape index (κ3) is 2.84. The lowest BCUT2D eigenvalue weighted by Crippen LogP contribution is -2.34. The molecule has 6 heteroatoms. The van der Waals surface area contributed by atoms with Gasteiger partial charge in [0.2, 0.25) is 0 Å². The Morgan fingerprint density at radius 2 is 2.00 bits per heavy atom. The van der Waals surface area contributed by atoms with Crippen molar-refractivity contribution in [3.05, 3.63) is 54.4 Å². The molecule has 3 heterocycles. The summed E-state index contributed by atoms with van der Waals surface area (Å²) in [5.74, 6) is -0.537. The number of aromatic nitrogens is 2. The van der Waals surface area contributed by atoms with Crippen molar-refractivity contribution in [2.75, 3.05) is 11.9 Å². The smallest absolute Gasteiger partial charge is 0.317 e. The summed E-state index contributed by atoms with van der Waals surface area (Å²) in [5.41, 5.74) is 1.20. The standard InChI is InChI=1S/C15H15FN4O/c16-12-10-18-8-5-13(12)19-15(21)20-9-1-2-14(20)11-3-6-17-7-4-11/h3-8,10,14H,1-2,9H2,(H,18,19,21)/t14-/m1/s1. The Morgan fingerprint density at radius 1 is 1.24 bits per heavy atom. The van der Waals surface area contributed by atoms with E-state index in [4.69, 9.17) is 0 Å². The van der Waals surface area contributed by atoms with Gasteiger partial charge >= 0.3 is 6.03 Å². The zero-order valence-corrected chi connectivity index (χ0v) is 11.4. The highest BCUT2D eigenvalue weighted by Gasteiger charge is 2.30. The average molecular weight is 286 g/mol. The van der Waals surface area contributed by atoms with Gasteiger partial charge in [-0.15, -0.1) is 0 Å². The molecule has 1 atom stereocenters. The van der Waals surface area contributed by atoms with Gasteiger partial charge in [0.05, 0.1) is 17.9 Å². The average Bonchev–Trinajstić information content (AvgIpc) is 3.00. The quantitative estimate of drug-likeness (QED) is 0.923. The molecule has 1 fully saturated rings. The van der Waals surface area contributed by atoms with Crippen LogP contribution in [-0.2, 0) is 0 Å². The van der Waals surface area contributed by atoms with Gasteiger partial charge in [0.25, 0.3) is 0 Å². The van der Waals surface area contributed by atoms with Crippen molar-refractivity contribution in [1.82, 2.24) is 14.9 Å². The molecule has 3 rings (SSSR count). The third-order valence-electron chi connectivity index (χ3n) is 3.62. The van der Waals surface area contributed by atoms with Crippen molar-refractivity contribution in [3.8, 4) is 0 Å². The maximum atomic E-state index is 13.6. The maximum Gasteiger partial charge on any atom is 0.322 e. The minimum Gasteiger partial charge on any atom is -0.317 e. The van der Waals surface area contributed by atoms with Gasteiger partial charge in [0.1, 0.15) is 0 Å². The Hall–Kier alpha value is -2.50. The van der Waals surface area contributed by atoms with Gasteiger partial charge < -0.3 is 10.2 Å². The number of nitrogens with zero attached hydrogens (tertiary/aromatic N) is 3. The van der Waals surface area contributed by atoms with E-state index in [0.717, 1.165) is 24.6 Å². The lowest BCUT2D eigenvalue weighted by molar-refractivity contribution is 0.207. The molecule has 1 saturated heterocycles. The summed E-state index contributed by atoms with van der Waals surface area (Å²) in [6.07, 6.45) is 7.79. The first kappa shape index (κ1) is 13.5. The summed E-state index contributed by atoms with van der Waals surface area (Å²) in [6, 6.07) is 4.98. The van der Waals surface area contributed by atoms with Crippen molar-refractivity contribution in [2.45, 2.75) is 18.9 Å². The largest absolute Gasteiger partial charge is 0.322 e. The number of rotatable bonds is 2. The van der Waals surface area contributed by atoms with Crippen LogP contribution in [0.25, 0.3) is 0 Å². The van der Waals surface area contributed by atoms with Gasteiger partial charge in [-0.05, 0) is 36.6 Å². The van der Waals surface area contributed by atoms with Gasteiger partial charge in [0, 0.05) is 25.1 Å². The maximum absolute atomic E-state index is 13.6. The molecule has 108 valence electrons. The van der Waals surface area contributed by atoms with E-state index in [9.17, 15) is 9.18 Å². The fraction of sp³-hybridized carbons (Fsp3) is 0.267. The number of halogens is 1. The van der Waals surface area contributed by atoms with Crippen LogP contribution in [0.5, 0.6) is 0 Å². The van der Waals surface area contributed by atoms with Gasteiger partial charge in [-0.1, -0.05) is 0 Å². The van der Waals surface area contributed by atoms with Crippen molar-refractivity contribution >= 4 is 11.7 Å². The molecule has 2 amide bonds. The van der Waals surface area contributed by atoms with Gasteiger partial charge in [-0.2, -0.15) is 0 Å². The molecule has 1 N–H and O–H groups in total. The molecule has 5 nitrogen and oxygen atoms in total. The molecule has 0 aliphatic carbocycles. The zero-order valence-electron chi connectivity index (χ0n) is 11.4. The summed E-state index contributed by atoms with van der Waals surface area (Å²) in [7, 11) is 0.